The normalized spacial score (nSPS) is 10.8. The fourth-order valence-electron chi connectivity index (χ4n) is 3.06. The molecule has 0 aliphatic heterocycles. The second-order valence-electron chi connectivity index (χ2n) is 7.22. The van der Waals surface area contributed by atoms with E-state index in [1.54, 1.807) is 24.3 Å². The summed E-state index contributed by atoms with van der Waals surface area (Å²) < 4.78 is 5.98. The van der Waals surface area contributed by atoms with Gasteiger partial charge < -0.3 is 10.1 Å². The van der Waals surface area contributed by atoms with Gasteiger partial charge in [-0.25, -0.2) is 0 Å². The summed E-state index contributed by atoms with van der Waals surface area (Å²) in [6, 6.07) is 22.7. The number of aryl methyl sites for hydroxylation is 1. The van der Waals surface area contributed by atoms with Gasteiger partial charge in [0.05, 0.1) is 0 Å². The number of amides is 1. The van der Waals surface area contributed by atoms with Gasteiger partial charge in [-0.15, -0.1) is 6.58 Å². The minimum absolute atomic E-state index is 0.01000. The molecule has 5 heteroatoms. The molecule has 3 aromatic carbocycles. The van der Waals surface area contributed by atoms with Crippen LogP contribution in [0.2, 0.25) is 5.02 Å². The molecule has 0 radical (unpaired) electrons. The predicted molar refractivity (Wildman–Crippen MR) is 130 cm³/mol. The number of carbonyl (C=O) groups excluding carboxylic acids is 1. The van der Waals surface area contributed by atoms with E-state index >= 15 is 0 Å². The lowest BCUT2D eigenvalue weighted by Gasteiger charge is -2.12. The molecule has 0 atom stereocenters. The number of nitriles is 1. The smallest absolute Gasteiger partial charge is 0.266 e. The monoisotopic (exact) mass is 442 g/mol. The zero-order valence-corrected chi connectivity index (χ0v) is 18.5. The molecule has 0 unspecified atom stereocenters. The van der Waals surface area contributed by atoms with Crippen LogP contribution in [0, 0.1) is 18.3 Å². The molecule has 0 aromatic heterocycles. The Morgan fingerprint density at radius 2 is 1.94 bits per heavy atom. The molecule has 3 aromatic rings. The fraction of sp³-hybridized carbons (Fsp3) is 0.111. The summed E-state index contributed by atoms with van der Waals surface area (Å²) in [5.74, 6) is 0.241. The molecule has 0 fully saturated rings. The molecule has 0 aliphatic rings. The van der Waals surface area contributed by atoms with E-state index < -0.39 is 5.91 Å². The van der Waals surface area contributed by atoms with Crippen LogP contribution in [0.15, 0.2) is 85.0 Å². The molecule has 0 aliphatic carbocycles. The second-order valence-corrected chi connectivity index (χ2v) is 7.63. The van der Waals surface area contributed by atoms with Crippen molar-refractivity contribution in [1.82, 2.24) is 0 Å². The SMILES string of the molecule is C=CCc1cc(/C=C(/C#N)C(=O)Nc2ccc(C)c(Cl)c2)ccc1OCc1ccccc1. The first kappa shape index (κ1) is 22.9. The van der Waals surface area contributed by atoms with Gasteiger partial charge in [0.25, 0.3) is 5.91 Å². The third-order valence-electron chi connectivity index (χ3n) is 4.79. The number of hydrogen-bond donors (Lipinski definition) is 1. The highest BCUT2D eigenvalue weighted by Gasteiger charge is 2.11. The van der Waals surface area contributed by atoms with E-state index in [9.17, 15) is 10.1 Å². The molecule has 32 heavy (non-hydrogen) atoms. The summed E-state index contributed by atoms with van der Waals surface area (Å²) in [6.45, 7) is 6.14. The number of halogens is 1. The highest BCUT2D eigenvalue weighted by atomic mass is 35.5. The number of nitrogens with one attached hydrogen (secondary N) is 1. The van der Waals surface area contributed by atoms with E-state index in [1.807, 2.05) is 67.6 Å². The predicted octanol–water partition coefficient (Wildman–Crippen LogP) is 6.50. The topological polar surface area (TPSA) is 62.1 Å². The summed E-state index contributed by atoms with van der Waals surface area (Å²) in [5, 5.41) is 12.8. The van der Waals surface area contributed by atoms with Crippen LogP contribution in [-0.2, 0) is 17.8 Å². The van der Waals surface area contributed by atoms with Gasteiger partial charge in [0, 0.05) is 10.7 Å². The molecule has 4 nitrogen and oxygen atoms in total. The highest BCUT2D eigenvalue weighted by Crippen LogP contribution is 2.24. The van der Waals surface area contributed by atoms with Crippen molar-refractivity contribution in [3.8, 4) is 11.8 Å². The quantitative estimate of drug-likeness (QED) is 0.246. The average molecular weight is 443 g/mol. The first-order valence-electron chi connectivity index (χ1n) is 10.1. The Labute approximate surface area is 193 Å². The fourth-order valence-corrected chi connectivity index (χ4v) is 3.25. The molecule has 0 heterocycles. The zero-order valence-electron chi connectivity index (χ0n) is 17.8. The van der Waals surface area contributed by atoms with Crippen molar-refractivity contribution in [2.75, 3.05) is 5.32 Å². The number of hydrogen-bond acceptors (Lipinski definition) is 3. The summed E-state index contributed by atoms with van der Waals surface area (Å²) in [6.07, 6.45) is 3.94. The zero-order chi connectivity index (χ0) is 22.9. The van der Waals surface area contributed by atoms with Crippen molar-refractivity contribution in [3.63, 3.8) is 0 Å². The molecule has 0 saturated carbocycles. The molecule has 0 spiro atoms. The summed E-state index contributed by atoms with van der Waals surface area (Å²) in [7, 11) is 0. The number of allylic oxidation sites excluding steroid dienone is 1. The van der Waals surface area contributed by atoms with Crippen LogP contribution in [0.5, 0.6) is 5.75 Å². The summed E-state index contributed by atoms with van der Waals surface area (Å²) >= 11 is 6.12. The minimum Gasteiger partial charge on any atom is -0.489 e. The van der Waals surface area contributed by atoms with E-state index in [4.69, 9.17) is 16.3 Å². The summed E-state index contributed by atoms with van der Waals surface area (Å²) in [5.41, 5.74) is 4.15. The Morgan fingerprint density at radius 3 is 2.62 bits per heavy atom. The Morgan fingerprint density at radius 1 is 1.16 bits per heavy atom. The second kappa shape index (κ2) is 11.0. The lowest BCUT2D eigenvalue weighted by atomic mass is 10.0. The molecule has 0 saturated heterocycles. The lowest BCUT2D eigenvalue weighted by molar-refractivity contribution is -0.112. The van der Waals surface area contributed by atoms with Gasteiger partial charge in [0.2, 0.25) is 0 Å². The number of ether oxygens (including phenoxy) is 1. The molecule has 1 N–H and O–H groups in total. The van der Waals surface area contributed by atoms with Crippen molar-refractivity contribution in [3.05, 3.63) is 112 Å². The van der Waals surface area contributed by atoms with Crippen molar-refractivity contribution in [2.24, 2.45) is 0 Å². The number of rotatable bonds is 8. The van der Waals surface area contributed by atoms with Gasteiger partial charge in [0.1, 0.15) is 24.0 Å². The van der Waals surface area contributed by atoms with Crippen LogP contribution in [0.3, 0.4) is 0 Å². The standard InChI is InChI=1S/C27H23ClN2O2/c1-3-7-22-14-21(11-13-26(22)32-18-20-8-5-4-6-9-20)15-23(17-29)27(31)30-24-12-10-19(2)25(28)16-24/h3-6,8-16H,1,7,18H2,2H3,(H,30,31)/b23-15-. The van der Waals surface area contributed by atoms with Crippen molar-refractivity contribution in [2.45, 2.75) is 20.0 Å². The maximum absolute atomic E-state index is 12.6. The molecule has 160 valence electrons. The van der Waals surface area contributed by atoms with Crippen molar-refractivity contribution >= 4 is 29.3 Å². The van der Waals surface area contributed by atoms with Crippen molar-refractivity contribution in [1.29, 1.82) is 5.26 Å². The number of nitrogens with zero attached hydrogens (tertiary/aromatic N) is 1. The Kier molecular flexibility index (Phi) is 7.85. The Balaban J connectivity index is 1.79. The van der Waals surface area contributed by atoms with Crippen LogP contribution < -0.4 is 10.1 Å². The van der Waals surface area contributed by atoms with E-state index in [-0.39, 0.29) is 5.57 Å². The molecular weight excluding hydrogens is 420 g/mol. The van der Waals surface area contributed by atoms with E-state index in [1.165, 1.54) is 0 Å². The van der Waals surface area contributed by atoms with Crippen LogP contribution in [0.4, 0.5) is 5.69 Å². The first-order valence-corrected chi connectivity index (χ1v) is 10.5. The molecule has 1 amide bonds. The Bertz CT molecular complexity index is 1190. The molecular formula is C27H23ClN2O2. The third kappa shape index (κ3) is 6.10. The van der Waals surface area contributed by atoms with Gasteiger partial charge in [0.15, 0.2) is 0 Å². The number of carbonyl (C=O) groups is 1. The number of benzene rings is 3. The third-order valence-corrected chi connectivity index (χ3v) is 5.20. The molecule has 3 rings (SSSR count). The lowest BCUT2D eigenvalue weighted by Crippen LogP contribution is -2.13. The Hall–Kier alpha value is -3.81. The maximum atomic E-state index is 12.6. The van der Waals surface area contributed by atoms with Gasteiger partial charge >= 0.3 is 0 Å². The largest absolute Gasteiger partial charge is 0.489 e. The van der Waals surface area contributed by atoms with Crippen LogP contribution in [0.1, 0.15) is 22.3 Å². The van der Waals surface area contributed by atoms with E-state index in [0.29, 0.717) is 23.7 Å². The van der Waals surface area contributed by atoms with E-state index in [2.05, 4.69) is 11.9 Å². The van der Waals surface area contributed by atoms with E-state index in [0.717, 1.165) is 28.0 Å². The van der Waals surface area contributed by atoms with Gasteiger partial charge in [-0.05, 0) is 65.9 Å². The number of anilines is 1. The maximum Gasteiger partial charge on any atom is 0.266 e. The minimum atomic E-state index is -0.498. The van der Waals surface area contributed by atoms with Crippen LogP contribution in [0.25, 0.3) is 6.08 Å². The molecule has 0 bridgehead atoms. The van der Waals surface area contributed by atoms with Gasteiger partial charge in [-0.2, -0.15) is 5.26 Å². The van der Waals surface area contributed by atoms with Gasteiger partial charge in [-0.3, -0.25) is 4.79 Å². The highest BCUT2D eigenvalue weighted by molar-refractivity contribution is 6.31. The van der Waals surface area contributed by atoms with Crippen LogP contribution >= 0.6 is 11.6 Å². The average Bonchev–Trinajstić information content (AvgIpc) is 2.80. The van der Waals surface area contributed by atoms with Crippen LogP contribution in [-0.4, -0.2) is 5.91 Å². The first-order chi connectivity index (χ1) is 15.5. The van der Waals surface area contributed by atoms with Gasteiger partial charge in [-0.1, -0.05) is 60.1 Å². The van der Waals surface area contributed by atoms with Crippen molar-refractivity contribution < 1.29 is 9.53 Å². The summed E-state index contributed by atoms with van der Waals surface area (Å²) in [4.78, 5) is 12.6.